The van der Waals surface area contributed by atoms with Crippen LogP contribution in [0, 0.1) is 23.2 Å². The minimum Gasteiger partial charge on any atom is -0.465 e. The molecule has 0 saturated carbocycles. The van der Waals surface area contributed by atoms with E-state index >= 15 is 0 Å². The van der Waals surface area contributed by atoms with E-state index < -0.39 is 5.97 Å². The molecule has 1 aliphatic heterocycles. The molecule has 0 radical (unpaired) electrons. The summed E-state index contributed by atoms with van der Waals surface area (Å²) >= 11 is 0. The van der Waals surface area contributed by atoms with Crippen molar-refractivity contribution in [1.82, 2.24) is 9.89 Å². The third-order valence-corrected chi connectivity index (χ3v) is 7.98. The molecular weight excluding hydrogens is 618 g/mol. The molecule has 0 spiro atoms. The van der Waals surface area contributed by atoms with Crippen LogP contribution in [-0.4, -0.2) is 59.6 Å². The molecule has 1 aliphatic carbocycles. The summed E-state index contributed by atoms with van der Waals surface area (Å²) in [6.07, 6.45) is 0.591. The van der Waals surface area contributed by atoms with E-state index in [1.165, 1.54) is 13.2 Å². The zero-order valence-electron chi connectivity index (χ0n) is 28.0. The molecule has 3 aromatic carbocycles. The van der Waals surface area contributed by atoms with Crippen molar-refractivity contribution < 1.29 is 23.5 Å². The second kappa shape index (κ2) is 15.0. The Kier molecular flexibility index (Phi) is 10.4. The Labute approximate surface area is 284 Å². The molecule has 0 saturated heterocycles. The van der Waals surface area contributed by atoms with Gasteiger partial charge in [0.15, 0.2) is 6.07 Å². The number of anilines is 2. The highest BCUT2D eigenvalue weighted by Gasteiger charge is 2.24. The second-order valence-electron chi connectivity index (χ2n) is 11.7. The fraction of sp³-hybridized carbons (Fsp3) is 0.205. The first-order chi connectivity index (χ1) is 23.6. The van der Waals surface area contributed by atoms with Gasteiger partial charge in [-0.15, -0.1) is 0 Å². The molecule has 0 fully saturated rings. The van der Waals surface area contributed by atoms with E-state index in [2.05, 4.69) is 22.5 Å². The third kappa shape index (κ3) is 7.78. The molecule has 2 amide bonds. The predicted octanol–water partition coefficient (Wildman–Crippen LogP) is 5.11. The Morgan fingerprint density at radius 1 is 0.939 bits per heavy atom. The molecule has 1 heterocycles. The van der Waals surface area contributed by atoms with Crippen LogP contribution >= 0.6 is 0 Å². The number of esters is 1. The van der Waals surface area contributed by atoms with Crippen molar-refractivity contribution in [3.8, 4) is 40.4 Å². The largest absolute Gasteiger partial charge is 0.465 e. The fourth-order valence-electron chi connectivity index (χ4n) is 5.41. The van der Waals surface area contributed by atoms with Crippen molar-refractivity contribution in [2.45, 2.75) is 12.8 Å². The highest BCUT2D eigenvalue weighted by molar-refractivity contribution is 6.09. The number of amides is 2. The monoisotopic (exact) mass is 654 g/mol. The molecule has 2 aliphatic rings. The van der Waals surface area contributed by atoms with Gasteiger partial charge in [-0.2, -0.15) is 5.26 Å². The molecule has 5 rings (SSSR count). The van der Waals surface area contributed by atoms with Gasteiger partial charge in [0, 0.05) is 84.1 Å². The van der Waals surface area contributed by atoms with Crippen molar-refractivity contribution in [2.75, 3.05) is 52.1 Å². The van der Waals surface area contributed by atoms with Gasteiger partial charge in [0.05, 0.1) is 18.7 Å². The highest BCUT2D eigenvalue weighted by atomic mass is 16.5. The molecule has 2 N–H and O–H groups in total. The van der Waals surface area contributed by atoms with Crippen molar-refractivity contribution in [3.05, 3.63) is 101 Å². The lowest BCUT2D eigenvalue weighted by Crippen LogP contribution is -2.26. The van der Waals surface area contributed by atoms with Gasteiger partial charge in [-0.25, -0.2) is 9.37 Å². The first-order valence-corrected chi connectivity index (χ1v) is 15.6. The number of nitriles is 1. The first-order valence-electron chi connectivity index (χ1n) is 15.6. The van der Waals surface area contributed by atoms with E-state index in [0.717, 1.165) is 27.6 Å². The number of carbonyl (C=O) groups is 3. The lowest BCUT2D eigenvalue weighted by atomic mass is 9.89. The molecule has 10 nitrogen and oxygen atoms in total. The molecule has 0 unspecified atom stereocenters. The molecule has 0 aromatic heterocycles. The number of ether oxygens (including phenoxy) is 1. The maximum atomic E-state index is 13.2. The van der Waals surface area contributed by atoms with Gasteiger partial charge in [0.1, 0.15) is 25.4 Å². The summed E-state index contributed by atoms with van der Waals surface area (Å²) in [6, 6.07) is 25.5. The fourth-order valence-corrected chi connectivity index (χ4v) is 5.41. The predicted molar refractivity (Wildman–Crippen MR) is 190 cm³/mol. The zero-order valence-corrected chi connectivity index (χ0v) is 28.0. The van der Waals surface area contributed by atoms with Gasteiger partial charge >= 0.3 is 5.97 Å². The SMILES string of the molecule is COC(=O)c1cc(C(=O)NCCCC(=O)Nc2ccc(C#CC#N)cc2)ccc1-c1c2ccc(=[N+](C)C)cc-2oc2cc(N(C)C)ccc12. The van der Waals surface area contributed by atoms with Crippen LogP contribution in [-0.2, 0) is 9.53 Å². The van der Waals surface area contributed by atoms with Crippen LogP contribution in [0.4, 0.5) is 11.4 Å². The van der Waals surface area contributed by atoms with Crippen LogP contribution in [0.25, 0.3) is 33.4 Å². The minimum absolute atomic E-state index is 0.187. The van der Waals surface area contributed by atoms with Crippen LogP contribution in [0.5, 0.6) is 0 Å². The van der Waals surface area contributed by atoms with Crippen LogP contribution in [0.15, 0.2) is 83.3 Å². The van der Waals surface area contributed by atoms with Gasteiger partial charge in [-0.3, -0.25) is 9.59 Å². The zero-order chi connectivity index (χ0) is 35.1. The Morgan fingerprint density at radius 2 is 1.69 bits per heavy atom. The summed E-state index contributed by atoms with van der Waals surface area (Å²) < 4.78 is 13.6. The van der Waals surface area contributed by atoms with Crippen LogP contribution in [0.3, 0.4) is 0 Å². The first kappa shape index (κ1) is 34.0. The Balaban J connectivity index is 1.39. The van der Waals surface area contributed by atoms with Crippen molar-refractivity contribution >= 4 is 40.1 Å². The summed E-state index contributed by atoms with van der Waals surface area (Å²) in [7, 11) is 9.14. The molecule has 10 heteroatoms. The van der Waals surface area contributed by atoms with E-state index in [1.54, 1.807) is 42.5 Å². The van der Waals surface area contributed by atoms with E-state index in [1.807, 2.05) is 74.1 Å². The lowest BCUT2D eigenvalue weighted by molar-refractivity contribution is -0.116. The third-order valence-electron chi connectivity index (χ3n) is 7.98. The van der Waals surface area contributed by atoms with E-state index in [4.69, 9.17) is 14.4 Å². The average Bonchev–Trinajstić information content (AvgIpc) is 3.10. The standard InChI is InChI=1S/C39H35N5O5/c1-43(2)28-15-18-31-34(23-28)49-35-24-29(44(3)4)16-19-32(35)37(31)30-17-12-26(22-33(30)39(47)48-5)38(46)41-21-7-9-36(45)42-27-13-10-25(11-14-27)8-6-20-40/h10-19,22-24H,7,9,21H2,1-5H3,(H-,41,42,45,46)/p+1. The second-order valence-corrected chi connectivity index (χ2v) is 11.7. The quantitative estimate of drug-likeness (QED) is 0.0743. The molecule has 0 bridgehead atoms. The van der Waals surface area contributed by atoms with Gasteiger partial charge in [-0.05, 0) is 66.6 Å². The van der Waals surface area contributed by atoms with E-state index in [0.29, 0.717) is 34.6 Å². The Bertz CT molecular complexity index is 2210. The normalized spacial score (nSPS) is 10.4. The lowest BCUT2D eigenvalue weighted by Gasteiger charge is -2.19. The molecule has 246 valence electrons. The number of hydrogen-bond donors (Lipinski definition) is 2. The van der Waals surface area contributed by atoms with E-state index in [9.17, 15) is 14.4 Å². The number of benzene rings is 4. The number of carbonyl (C=O) groups excluding carboxylic acids is 3. The maximum Gasteiger partial charge on any atom is 0.338 e. The summed E-state index contributed by atoms with van der Waals surface area (Å²) in [5.74, 6) is 4.51. The van der Waals surface area contributed by atoms with E-state index in [-0.39, 0.29) is 35.9 Å². The topological polar surface area (TPSA) is 128 Å². The number of rotatable bonds is 9. The molecule has 3 aromatic rings. The average molecular weight is 655 g/mol. The molecule has 0 atom stereocenters. The van der Waals surface area contributed by atoms with Gasteiger partial charge in [0.2, 0.25) is 11.3 Å². The van der Waals surface area contributed by atoms with Crippen LogP contribution in [0.1, 0.15) is 39.1 Å². The van der Waals surface area contributed by atoms with Gasteiger partial charge < -0.3 is 24.7 Å². The number of nitrogens with one attached hydrogen (secondary N) is 2. The molecule has 49 heavy (non-hydrogen) atoms. The van der Waals surface area contributed by atoms with Crippen molar-refractivity contribution in [1.29, 1.82) is 5.26 Å². The maximum absolute atomic E-state index is 13.2. The van der Waals surface area contributed by atoms with Gasteiger partial charge in [-0.1, -0.05) is 12.0 Å². The molecular formula is C39H36N5O5+. The number of methoxy groups -OCH3 is 1. The Hall–Kier alpha value is -6.39. The van der Waals surface area contributed by atoms with Crippen molar-refractivity contribution in [3.63, 3.8) is 0 Å². The summed E-state index contributed by atoms with van der Waals surface area (Å²) in [6.45, 7) is 0.252. The number of fused-ring (bicyclic) bond motifs is 2. The minimum atomic E-state index is -0.580. The smallest absolute Gasteiger partial charge is 0.338 e. The van der Waals surface area contributed by atoms with Crippen LogP contribution < -0.4 is 25.5 Å². The summed E-state index contributed by atoms with van der Waals surface area (Å²) in [5.41, 5.74) is 5.60. The Morgan fingerprint density at radius 3 is 2.39 bits per heavy atom. The summed E-state index contributed by atoms with van der Waals surface area (Å²) in [5, 5.41) is 16.0. The highest BCUT2D eigenvalue weighted by Crippen LogP contribution is 2.42. The summed E-state index contributed by atoms with van der Waals surface area (Å²) in [4.78, 5) is 40.9. The number of nitrogens with zero attached hydrogens (tertiary/aromatic N) is 3. The van der Waals surface area contributed by atoms with Crippen molar-refractivity contribution in [2.24, 2.45) is 0 Å². The van der Waals surface area contributed by atoms with Gasteiger partial charge in [0.25, 0.3) is 5.91 Å². The number of hydrogen-bond acceptors (Lipinski definition) is 7. The van der Waals surface area contributed by atoms with Crippen LogP contribution in [0.2, 0.25) is 0 Å².